The Kier molecular flexibility index (Phi) is 4.38. The van der Waals surface area contributed by atoms with Gasteiger partial charge in [-0.05, 0) is 19.8 Å². The van der Waals surface area contributed by atoms with Crippen LogP contribution in [0.5, 0.6) is 0 Å². The fourth-order valence-electron chi connectivity index (χ4n) is 2.65. The third-order valence-corrected chi connectivity index (χ3v) is 5.16. The number of nitrogens with zero attached hydrogens (tertiary/aromatic N) is 2. The van der Waals surface area contributed by atoms with Gasteiger partial charge in [0.15, 0.2) is 5.60 Å². The van der Waals surface area contributed by atoms with Crippen molar-refractivity contribution in [1.29, 1.82) is 0 Å². The van der Waals surface area contributed by atoms with E-state index < -0.39 is 15.6 Å². The minimum atomic E-state index is -3.33. The van der Waals surface area contributed by atoms with Gasteiger partial charge in [0, 0.05) is 19.6 Å². The molecule has 2 rings (SSSR count). The van der Waals surface area contributed by atoms with Gasteiger partial charge >= 0.3 is 0 Å². The van der Waals surface area contributed by atoms with Gasteiger partial charge in [-0.2, -0.15) is 4.31 Å². The van der Waals surface area contributed by atoms with E-state index in [0.717, 1.165) is 6.26 Å². The van der Waals surface area contributed by atoms with Crippen molar-refractivity contribution >= 4 is 15.9 Å². The van der Waals surface area contributed by atoms with Gasteiger partial charge in [0.05, 0.1) is 25.5 Å². The molecule has 8 heteroatoms. The fourth-order valence-corrected chi connectivity index (χ4v) is 3.54. The third kappa shape index (κ3) is 3.30. The maximum Gasteiger partial charge on any atom is 0.255 e. The molecular weight excluding hydrogens is 284 g/mol. The molecule has 7 nitrogen and oxygen atoms in total. The molecule has 1 atom stereocenters. The summed E-state index contributed by atoms with van der Waals surface area (Å²) in [6.45, 7) is 3.14. The summed E-state index contributed by atoms with van der Waals surface area (Å²) in [7, 11) is -3.33. The summed E-state index contributed by atoms with van der Waals surface area (Å²) in [4.78, 5) is 14.2. The van der Waals surface area contributed by atoms with Gasteiger partial charge in [0.2, 0.25) is 10.0 Å². The molecule has 0 aliphatic carbocycles. The van der Waals surface area contributed by atoms with Crippen molar-refractivity contribution in [2.24, 2.45) is 0 Å². The second kappa shape index (κ2) is 5.59. The Balaban J connectivity index is 2.07. The Bertz CT molecular complexity index is 472. The molecule has 20 heavy (non-hydrogen) atoms. The lowest BCUT2D eigenvalue weighted by molar-refractivity contribution is -0.165. The number of hydrogen-bond acceptors (Lipinski definition) is 5. The number of amides is 1. The van der Waals surface area contributed by atoms with E-state index in [0.29, 0.717) is 25.9 Å². The lowest BCUT2D eigenvalue weighted by Gasteiger charge is -2.42. The summed E-state index contributed by atoms with van der Waals surface area (Å²) in [6.07, 6.45) is 1.89. The first-order valence-electron chi connectivity index (χ1n) is 6.79. The predicted molar refractivity (Wildman–Crippen MR) is 72.6 cm³/mol. The maximum absolute atomic E-state index is 12.6. The standard InChI is InChI=1S/C12H22N2O5S/c1-12(9-14(7-8-19-12)20(2,17)18)11(16)13-5-3-10(15)4-6-13/h10,15H,3-9H2,1-2H3/t12-/m1/s1. The maximum atomic E-state index is 12.6. The number of aliphatic hydroxyl groups excluding tert-OH is 1. The van der Waals surface area contributed by atoms with Crippen LogP contribution < -0.4 is 0 Å². The Hall–Kier alpha value is -0.700. The number of hydrogen-bond donors (Lipinski definition) is 1. The average molecular weight is 306 g/mol. The van der Waals surface area contributed by atoms with Gasteiger partial charge in [-0.1, -0.05) is 0 Å². The van der Waals surface area contributed by atoms with Crippen LogP contribution in [0.25, 0.3) is 0 Å². The van der Waals surface area contributed by atoms with Crippen LogP contribution in [0.2, 0.25) is 0 Å². The molecule has 0 aromatic heterocycles. The summed E-state index contributed by atoms with van der Waals surface area (Å²) in [5.41, 5.74) is -1.14. The van der Waals surface area contributed by atoms with E-state index in [4.69, 9.17) is 4.74 Å². The third-order valence-electron chi connectivity index (χ3n) is 3.91. The molecule has 2 aliphatic rings. The number of sulfonamides is 1. The van der Waals surface area contributed by atoms with E-state index >= 15 is 0 Å². The van der Waals surface area contributed by atoms with E-state index in [1.54, 1.807) is 11.8 Å². The smallest absolute Gasteiger partial charge is 0.255 e. The zero-order valence-corrected chi connectivity index (χ0v) is 12.7. The van der Waals surface area contributed by atoms with Crippen molar-refractivity contribution in [1.82, 2.24) is 9.21 Å². The van der Waals surface area contributed by atoms with Gasteiger partial charge in [0.1, 0.15) is 0 Å². The van der Waals surface area contributed by atoms with E-state index in [1.165, 1.54) is 4.31 Å². The quantitative estimate of drug-likeness (QED) is 0.708. The highest BCUT2D eigenvalue weighted by molar-refractivity contribution is 7.88. The summed E-state index contributed by atoms with van der Waals surface area (Å²) >= 11 is 0. The first-order chi connectivity index (χ1) is 9.22. The predicted octanol–water partition coefficient (Wildman–Crippen LogP) is -0.980. The number of carbonyl (C=O) groups excluding carboxylic acids is 1. The number of likely N-dealkylation sites (tertiary alicyclic amines) is 1. The zero-order valence-electron chi connectivity index (χ0n) is 11.9. The molecule has 1 N–H and O–H groups in total. The van der Waals surface area contributed by atoms with Crippen molar-refractivity contribution in [2.75, 3.05) is 39.0 Å². The minimum absolute atomic E-state index is 0.0454. The fraction of sp³-hybridized carbons (Fsp3) is 0.917. The summed E-state index contributed by atoms with van der Waals surface area (Å²) < 4.78 is 30.1. The lowest BCUT2D eigenvalue weighted by atomic mass is 10.0. The molecule has 2 fully saturated rings. The van der Waals surface area contributed by atoms with Crippen molar-refractivity contribution in [3.05, 3.63) is 0 Å². The molecule has 0 aromatic carbocycles. The monoisotopic (exact) mass is 306 g/mol. The molecule has 2 heterocycles. The summed E-state index contributed by atoms with van der Waals surface area (Å²) in [6, 6.07) is 0. The zero-order chi connectivity index (χ0) is 15.0. The van der Waals surface area contributed by atoms with Gasteiger partial charge in [-0.15, -0.1) is 0 Å². The number of rotatable bonds is 2. The van der Waals surface area contributed by atoms with Gasteiger partial charge < -0.3 is 14.7 Å². The van der Waals surface area contributed by atoms with Crippen LogP contribution in [0.15, 0.2) is 0 Å². The average Bonchev–Trinajstić information content (AvgIpc) is 2.38. The number of ether oxygens (including phenoxy) is 1. The molecule has 0 unspecified atom stereocenters. The van der Waals surface area contributed by atoms with Crippen LogP contribution in [-0.2, 0) is 19.6 Å². The second-order valence-corrected chi connectivity index (χ2v) is 7.68. The summed E-state index contributed by atoms with van der Waals surface area (Å²) in [5.74, 6) is -0.197. The highest BCUT2D eigenvalue weighted by atomic mass is 32.2. The topological polar surface area (TPSA) is 87.2 Å². The van der Waals surface area contributed by atoms with Crippen LogP contribution >= 0.6 is 0 Å². The second-order valence-electron chi connectivity index (χ2n) is 5.70. The molecular formula is C12H22N2O5S. The van der Waals surface area contributed by atoms with Crippen LogP contribution in [-0.4, -0.2) is 79.4 Å². The first kappa shape index (κ1) is 15.7. The Morgan fingerprint density at radius 2 is 1.90 bits per heavy atom. The molecule has 1 amide bonds. The molecule has 0 spiro atoms. The Morgan fingerprint density at radius 1 is 1.30 bits per heavy atom. The number of carbonyl (C=O) groups is 1. The van der Waals surface area contributed by atoms with Crippen LogP contribution in [0.1, 0.15) is 19.8 Å². The lowest BCUT2D eigenvalue weighted by Crippen LogP contribution is -2.60. The van der Waals surface area contributed by atoms with Crippen LogP contribution in [0.3, 0.4) is 0 Å². The summed E-state index contributed by atoms with van der Waals surface area (Å²) in [5, 5.41) is 9.48. The SMILES string of the molecule is C[C@]1(C(=O)N2CCC(O)CC2)CN(S(C)(=O)=O)CCO1. The molecule has 116 valence electrons. The number of piperidine rings is 1. The molecule has 2 aliphatic heterocycles. The first-order valence-corrected chi connectivity index (χ1v) is 8.64. The minimum Gasteiger partial charge on any atom is -0.393 e. The van der Waals surface area contributed by atoms with Gasteiger partial charge in [-0.25, -0.2) is 8.42 Å². The van der Waals surface area contributed by atoms with Crippen molar-refractivity contribution in [3.8, 4) is 0 Å². The Morgan fingerprint density at radius 3 is 2.45 bits per heavy atom. The van der Waals surface area contributed by atoms with E-state index in [2.05, 4.69) is 0 Å². The largest absolute Gasteiger partial charge is 0.393 e. The Labute approximate surface area is 119 Å². The van der Waals surface area contributed by atoms with E-state index in [1.807, 2.05) is 0 Å². The molecule has 0 aromatic rings. The highest BCUT2D eigenvalue weighted by Gasteiger charge is 2.44. The van der Waals surface area contributed by atoms with Gasteiger partial charge in [-0.3, -0.25) is 4.79 Å². The number of aliphatic hydroxyl groups is 1. The highest BCUT2D eigenvalue weighted by Crippen LogP contribution is 2.24. The van der Waals surface area contributed by atoms with Crippen molar-refractivity contribution < 1.29 is 23.1 Å². The van der Waals surface area contributed by atoms with E-state index in [9.17, 15) is 18.3 Å². The normalized spacial score (nSPS) is 30.4. The molecule has 0 radical (unpaired) electrons. The van der Waals surface area contributed by atoms with Crippen molar-refractivity contribution in [3.63, 3.8) is 0 Å². The van der Waals surface area contributed by atoms with E-state index in [-0.39, 0.29) is 31.7 Å². The van der Waals surface area contributed by atoms with Gasteiger partial charge in [0.25, 0.3) is 5.91 Å². The molecule has 2 saturated heterocycles. The van der Waals surface area contributed by atoms with Crippen LogP contribution in [0, 0.1) is 0 Å². The molecule has 0 bridgehead atoms. The van der Waals surface area contributed by atoms with Crippen LogP contribution in [0.4, 0.5) is 0 Å². The van der Waals surface area contributed by atoms with Crippen molar-refractivity contribution in [2.45, 2.75) is 31.5 Å². The number of morpholine rings is 1. The molecule has 0 saturated carbocycles.